The molecule has 80 valence electrons. The van der Waals surface area contributed by atoms with E-state index in [4.69, 9.17) is 0 Å². The maximum atomic E-state index is 11.0. The van der Waals surface area contributed by atoms with Gasteiger partial charge in [-0.2, -0.15) is 0 Å². The smallest absolute Gasteiger partial charge is 0.407 e. The zero-order valence-electron chi connectivity index (χ0n) is 8.62. The van der Waals surface area contributed by atoms with Gasteiger partial charge < -0.3 is 15.4 Å². The van der Waals surface area contributed by atoms with Gasteiger partial charge in [-0.1, -0.05) is 18.2 Å². The molecule has 1 aliphatic heterocycles. The summed E-state index contributed by atoms with van der Waals surface area (Å²) in [5, 5.41) is 6.06. The summed E-state index contributed by atoms with van der Waals surface area (Å²) in [6, 6.07) is 8.21. The lowest BCUT2D eigenvalue weighted by atomic mass is 10.00. The van der Waals surface area contributed by atoms with Crippen LogP contribution in [0.4, 0.5) is 10.5 Å². The molecule has 1 aromatic carbocycles. The molecule has 15 heavy (non-hydrogen) atoms. The molecule has 0 unspecified atom stereocenters. The molecule has 4 nitrogen and oxygen atoms in total. The molecular weight excluding hydrogens is 192 g/mol. The van der Waals surface area contributed by atoms with Crippen LogP contribution < -0.4 is 10.6 Å². The standard InChI is InChI=1S/C11H14N2O2/c1-15-11(14)13-9-6-8-4-2-3-5-10(8)12-7-9/h2-5,9,12H,6-7H2,1H3,(H,13,14)/t9-/m1/s1. The van der Waals surface area contributed by atoms with Crippen LogP contribution in [-0.4, -0.2) is 25.8 Å². The lowest BCUT2D eigenvalue weighted by Crippen LogP contribution is -2.43. The number of hydrogen-bond donors (Lipinski definition) is 2. The number of carbonyl (C=O) groups excluding carboxylic acids is 1. The molecule has 2 N–H and O–H groups in total. The minimum atomic E-state index is -0.374. The first-order valence-corrected chi connectivity index (χ1v) is 4.96. The Bertz CT molecular complexity index is 365. The van der Waals surface area contributed by atoms with Crippen molar-refractivity contribution in [1.82, 2.24) is 5.32 Å². The summed E-state index contributed by atoms with van der Waals surface area (Å²) in [4.78, 5) is 11.0. The van der Waals surface area contributed by atoms with Crippen molar-refractivity contribution in [3.05, 3.63) is 29.8 Å². The second kappa shape index (κ2) is 4.21. The van der Waals surface area contributed by atoms with Gasteiger partial charge in [-0.15, -0.1) is 0 Å². The maximum Gasteiger partial charge on any atom is 0.407 e. The molecule has 2 rings (SSSR count). The lowest BCUT2D eigenvalue weighted by molar-refractivity contribution is 0.167. The maximum absolute atomic E-state index is 11.0. The average Bonchev–Trinajstić information content (AvgIpc) is 2.29. The molecule has 1 aliphatic rings. The number of methoxy groups -OCH3 is 1. The number of para-hydroxylation sites is 1. The summed E-state index contributed by atoms with van der Waals surface area (Å²) in [6.07, 6.45) is 0.472. The van der Waals surface area contributed by atoms with Crippen LogP contribution in [0.25, 0.3) is 0 Å². The van der Waals surface area contributed by atoms with Crippen molar-refractivity contribution in [2.24, 2.45) is 0 Å². The largest absolute Gasteiger partial charge is 0.453 e. The third-order valence-corrected chi connectivity index (χ3v) is 2.53. The number of benzene rings is 1. The Hall–Kier alpha value is -1.71. The van der Waals surface area contributed by atoms with Crippen molar-refractivity contribution in [1.29, 1.82) is 0 Å². The van der Waals surface area contributed by atoms with E-state index in [9.17, 15) is 4.79 Å². The Morgan fingerprint density at radius 3 is 3.13 bits per heavy atom. The van der Waals surface area contributed by atoms with Crippen LogP contribution >= 0.6 is 0 Å². The molecule has 1 amide bonds. The van der Waals surface area contributed by atoms with Gasteiger partial charge >= 0.3 is 6.09 Å². The van der Waals surface area contributed by atoms with Crippen molar-refractivity contribution in [2.45, 2.75) is 12.5 Å². The van der Waals surface area contributed by atoms with E-state index in [0.29, 0.717) is 0 Å². The summed E-state index contributed by atoms with van der Waals surface area (Å²) < 4.78 is 4.56. The number of rotatable bonds is 1. The van der Waals surface area contributed by atoms with Gasteiger partial charge in [0.2, 0.25) is 0 Å². The number of anilines is 1. The Labute approximate surface area is 88.6 Å². The molecule has 0 saturated heterocycles. The van der Waals surface area contributed by atoms with E-state index in [1.54, 1.807) is 0 Å². The van der Waals surface area contributed by atoms with E-state index in [1.807, 2.05) is 18.2 Å². The number of nitrogens with one attached hydrogen (secondary N) is 2. The summed E-state index contributed by atoms with van der Waals surface area (Å²) in [5.41, 5.74) is 2.38. The van der Waals surface area contributed by atoms with Gasteiger partial charge in [0.25, 0.3) is 0 Å². The number of ether oxygens (including phenoxy) is 1. The van der Waals surface area contributed by atoms with Crippen molar-refractivity contribution in [3.63, 3.8) is 0 Å². The van der Waals surface area contributed by atoms with Gasteiger partial charge in [0.05, 0.1) is 13.2 Å². The molecule has 0 spiro atoms. The Morgan fingerprint density at radius 2 is 2.33 bits per heavy atom. The predicted octanol–water partition coefficient (Wildman–Crippen LogP) is 1.38. The minimum Gasteiger partial charge on any atom is -0.453 e. The van der Waals surface area contributed by atoms with Crippen LogP contribution in [0.15, 0.2) is 24.3 Å². The Morgan fingerprint density at radius 1 is 1.53 bits per heavy atom. The SMILES string of the molecule is COC(=O)N[C@H]1CNc2ccccc2C1. The van der Waals surface area contributed by atoms with E-state index in [1.165, 1.54) is 12.7 Å². The monoisotopic (exact) mass is 206 g/mol. The molecular formula is C11H14N2O2. The fourth-order valence-corrected chi connectivity index (χ4v) is 1.77. The van der Waals surface area contributed by atoms with Gasteiger partial charge in [-0.3, -0.25) is 0 Å². The number of amides is 1. The fourth-order valence-electron chi connectivity index (χ4n) is 1.77. The van der Waals surface area contributed by atoms with E-state index in [2.05, 4.69) is 21.4 Å². The first-order chi connectivity index (χ1) is 7.29. The molecule has 1 atom stereocenters. The zero-order chi connectivity index (χ0) is 10.7. The lowest BCUT2D eigenvalue weighted by Gasteiger charge is -2.26. The molecule has 4 heteroatoms. The van der Waals surface area contributed by atoms with Crippen molar-refractivity contribution >= 4 is 11.8 Å². The van der Waals surface area contributed by atoms with Gasteiger partial charge in [-0.25, -0.2) is 4.79 Å². The molecule has 1 heterocycles. The highest BCUT2D eigenvalue weighted by Gasteiger charge is 2.19. The average molecular weight is 206 g/mol. The van der Waals surface area contributed by atoms with E-state index >= 15 is 0 Å². The molecule has 0 aromatic heterocycles. The third-order valence-electron chi connectivity index (χ3n) is 2.53. The number of alkyl carbamates (subject to hydrolysis) is 1. The molecule has 0 radical (unpaired) electrons. The summed E-state index contributed by atoms with van der Waals surface area (Å²) in [7, 11) is 1.37. The van der Waals surface area contributed by atoms with E-state index in [0.717, 1.165) is 18.7 Å². The fraction of sp³-hybridized carbons (Fsp3) is 0.364. The zero-order valence-corrected chi connectivity index (χ0v) is 8.62. The number of hydrogen-bond acceptors (Lipinski definition) is 3. The van der Waals surface area contributed by atoms with Crippen LogP contribution in [-0.2, 0) is 11.2 Å². The van der Waals surface area contributed by atoms with Crippen LogP contribution in [0.3, 0.4) is 0 Å². The summed E-state index contributed by atoms with van der Waals surface area (Å²) in [6.45, 7) is 0.742. The quantitative estimate of drug-likeness (QED) is 0.729. The first kappa shape index (κ1) is 9.83. The van der Waals surface area contributed by atoms with Crippen LogP contribution in [0.5, 0.6) is 0 Å². The highest BCUT2D eigenvalue weighted by atomic mass is 16.5. The van der Waals surface area contributed by atoms with E-state index in [-0.39, 0.29) is 12.1 Å². The summed E-state index contributed by atoms with van der Waals surface area (Å²) >= 11 is 0. The van der Waals surface area contributed by atoms with Crippen molar-refractivity contribution in [3.8, 4) is 0 Å². The van der Waals surface area contributed by atoms with Crippen molar-refractivity contribution < 1.29 is 9.53 Å². The molecule has 0 bridgehead atoms. The second-order valence-electron chi connectivity index (χ2n) is 3.58. The van der Waals surface area contributed by atoms with Crippen molar-refractivity contribution in [2.75, 3.05) is 19.0 Å². The highest BCUT2D eigenvalue weighted by molar-refractivity contribution is 5.68. The summed E-state index contributed by atoms with van der Waals surface area (Å²) in [5.74, 6) is 0. The molecule has 1 aromatic rings. The second-order valence-corrected chi connectivity index (χ2v) is 3.58. The minimum absolute atomic E-state index is 0.104. The van der Waals surface area contributed by atoms with Gasteiger partial charge in [0, 0.05) is 12.2 Å². The molecule has 0 fully saturated rings. The normalized spacial score (nSPS) is 18.6. The Kier molecular flexibility index (Phi) is 2.76. The van der Waals surface area contributed by atoms with Gasteiger partial charge in [0.15, 0.2) is 0 Å². The van der Waals surface area contributed by atoms with E-state index < -0.39 is 0 Å². The first-order valence-electron chi connectivity index (χ1n) is 4.96. The Balaban J connectivity index is 2.02. The van der Waals surface area contributed by atoms with Crippen LogP contribution in [0.1, 0.15) is 5.56 Å². The van der Waals surface area contributed by atoms with Gasteiger partial charge in [-0.05, 0) is 18.1 Å². The topological polar surface area (TPSA) is 50.4 Å². The van der Waals surface area contributed by atoms with Crippen LogP contribution in [0.2, 0.25) is 0 Å². The number of fused-ring (bicyclic) bond motifs is 1. The number of carbonyl (C=O) groups is 1. The molecule has 0 aliphatic carbocycles. The molecule has 0 saturated carbocycles. The highest BCUT2D eigenvalue weighted by Crippen LogP contribution is 2.20. The van der Waals surface area contributed by atoms with Crippen LogP contribution in [0, 0.1) is 0 Å². The predicted molar refractivity (Wildman–Crippen MR) is 58.0 cm³/mol. The van der Waals surface area contributed by atoms with Gasteiger partial charge in [0.1, 0.15) is 0 Å². The third kappa shape index (κ3) is 2.21.